The molecule has 1 aromatic carbocycles. The van der Waals surface area contributed by atoms with E-state index in [1.807, 2.05) is 0 Å². The maximum atomic E-state index is 4.62. The summed E-state index contributed by atoms with van der Waals surface area (Å²) in [7, 11) is 0. The Kier molecular flexibility index (Phi) is 5.06. The normalized spacial score (nSPS) is 16.7. The second kappa shape index (κ2) is 7.21. The van der Waals surface area contributed by atoms with Gasteiger partial charge in [-0.25, -0.2) is 0 Å². The third-order valence-corrected chi connectivity index (χ3v) is 4.46. The summed E-state index contributed by atoms with van der Waals surface area (Å²) in [6.45, 7) is 9.10. The van der Waals surface area contributed by atoms with Crippen LogP contribution in [0.25, 0.3) is 10.9 Å². The molecule has 3 rings (SSSR count). The van der Waals surface area contributed by atoms with Crippen molar-refractivity contribution in [3.63, 3.8) is 0 Å². The van der Waals surface area contributed by atoms with Crippen molar-refractivity contribution in [3.05, 3.63) is 42.1 Å². The summed E-state index contributed by atoms with van der Waals surface area (Å²) in [5.41, 5.74) is 2.42. The number of piperidine rings is 1. The molecule has 3 heteroatoms. The Morgan fingerprint density at radius 1 is 1.23 bits per heavy atom. The van der Waals surface area contributed by atoms with Crippen LogP contribution in [0.3, 0.4) is 0 Å². The molecule has 0 atom stereocenters. The lowest BCUT2D eigenvalue weighted by molar-refractivity contribution is 0.137. The molecule has 3 nitrogen and oxygen atoms in total. The van der Waals surface area contributed by atoms with Crippen LogP contribution in [0.15, 0.2) is 36.5 Å². The van der Waals surface area contributed by atoms with Gasteiger partial charge in [-0.2, -0.15) is 0 Å². The van der Waals surface area contributed by atoms with Crippen molar-refractivity contribution in [1.29, 1.82) is 0 Å². The van der Waals surface area contributed by atoms with Crippen molar-refractivity contribution in [1.82, 2.24) is 15.2 Å². The summed E-state index contributed by atoms with van der Waals surface area (Å²) >= 11 is 0. The monoisotopic (exact) mass is 297 g/mol. The largest absolute Gasteiger partial charge is 0.317 e. The van der Waals surface area contributed by atoms with Gasteiger partial charge in [-0.1, -0.05) is 32.0 Å². The Labute approximate surface area is 133 Å². The lowest BCUT2D eigenvalue weighted by atomic mass is 10.0. The van der Waals surface area contributed by atoms with E-state index in [0.29, 0.717) is 12.0 Å². The van der Waals surface area contributed by atoms with Gasteiger partial charge in [0.25, 0.3) is 0 Å². The number of nitrogens with zero attached hydrogens (tertiary/aromatic N) is 2. The average Bonchev–Trinajstić information content (AvgIpc) is 2.54. The van der Waals surface area contributed by atoms with E-state index in [0.717, 1.165) is 31.7 Å². The smallest absolute Gasteiger partial charge is 0.0702 e. The van der Waals surface area contributed by atoms with Gasteiger partial charge in [0, 0.05) is 30.7 Å². The highest BCUT2D eigenvalue weighted by Crippen LogP contribution is 2.19. The van der Waals surface area contributed by atoms with E-state index >= 15 is 0 Å². The molecule has 0 spiro atoms. The Hall–Kier alpha value is -1.45. The predicted octanol–water partition coefficient (Wildman–Crippen LogP) is 3.44. The number of nitrogens with one attached hydrogen (secondary N) is 1. The minimum absolute atomic E-state index is 0.698. The molecule has 1 aliphatic heterocycles. The maximum absolute atomic E-state index is 4.62. The molecule has 1 aromatic heterocycles. The number of pyridine rings is 1. The van der Waals surface area contributed by atoms with Crippen LogP contribution in [0.4, 0.5) is 0 Å². The molecule has 0 saturated carbocycles. The molecular formula is C19H27N3. The highest BCUT2D eigenvalue weighted by Gasteiger charge is 2.21. The molecule has 2 aromatic rings. The van der Waals surface area contributed by atoms with Gasteiger partial charge in [0.2, 0.25) is 0 Å². The van der Waals surface area contributed by atoms with Crippen molar-refractivity contribution in [3.8, 4) is 0 Å². The Morgan fingerprint density at radius 3 is 2.77 bits per heavy atom. The van der Waals surface area contributed by atoms with Crippen LogP contribution in [0.5, 0.6) is 0 Å². The standard InChI is InChI=1S/C19H27N3/c1-15(2)13-22(18-7-9-20-10-8-18)14-16-11-17-5-3-4-6-19(17)21-12-16/h3-6,11-12,15,18,20H,7-10,13-14H2,1-2H3. The fourth-order valence-electron chi connectivity index (χ4n) is 3.42. The van der Waals surface area contributed by atoms with E-state index in [4.69, 9.17) is 0 Å². The first-order valence-corrected chi connectivity index (χ1v) is 8.51. The molecule has 0 radical (unpaired) electrons. The van der Waals surface area contributed by atoms with Crippen molar-refractivity contribution in [2.45, 2.75) is 39.3 Å². The molecule has 0 unspecified atom stereocenters. The molecule has 0 amide bonds. The van der Waals surface area contributed by atoms with Crippen LogP contribution < -0.4 is 5.32 Å². The molecule has 22 heavy (non-hydrogen) atoms. The van der Waals surface area contributed by atoms with Gasteiger partial charge in [-0.05, 0) is 49.5 Å². The highest BCUT2D eigenvalue weighted by atomic mass is 15.2. The van der Waals surface area contributed by atoms with E-state index in [1.54, 1.807) is 0 Å². The third kappa shape index (κ3) is 3.84. The average molecular weight is 297 g/mol. The Bertz CT molecular complexity index is 602. The Balaban J connectivity index is 1.77. The Morgan fingerprint density at radius 2 is 2.00 bits per heavy atom. The van der Waals surface area contributed by atoms with Crippen LogP contribution in [0.1, 0.15) is 32.3 Å². The number of hydrogen-bond donors (Lipinski definition) is 1. The van der Waals surface area contributed by atoms with Crippen molar-refractivity contribution in [2.24, 2.45) is 5.92 Å². The zero-order chi connectivity index (χ0) is 15.4. The quantitative estimate of drug-likeness (QED) is 0.916. The van der Waals surface area contributed by atoms with Gasteiger partial charge in [0.1, 0.15) is 0 Å². The first kappa shape index (κ1) is 15.4. The molecule has 1 saturated heterocycles. The van der Waals surface area contributed by atoms with Crippen LogP contribution in [-0.2, 0) is 6.54 Å². The molecule has 0 aliphatic carbocycles. The second-order valence-corrected chi connectivity index (χ2v) is 6.84. The number of para-hydroxylation sites is 1. The van der Waals surface area contributed by atoms with Crippen LogP contribution in [0, 0.1) is 5.92 Å². The topological polar surface area (TPSA) is 28.2 Å². The zero-order valence-corrected chi connectivity index (χ0v) is 13.8. The molecule has 1 aliphatic rings. The fraction of sp³-hybridized carbons (Fsp3) is 0.526. The first-order chi connectivity index (χ1) is 10.7. The fourth-order valence-corrected chi connectivity index (χ4v) is 3.42. The molecule has 1 N–H and O–H groups in total. The van der Waals surface area contributed by atoms with Gasteiger partial charge in [0.15, 0.2) is 0 Å². The molecule has 0 bridgehead atoms. The van der Waals surface area contributed by atoms with Crippen LogP contribution in [0.2, 0.25) is 0 Å². The van der Waals surface area contributed by atoms with Crippen LogP contribution >= 0.6 is 0 Å². The van der Waals surface area contributed by atoms with E-state index < -0.39 is 0 Å². The van der Waals surface area contributed by atoms with Gasteiger partial charge in [-0.15, -0.1) is 0 Å². The summed E-state index contributed by atoms with van der Waals surface area (Å²) in [5, 5.41) is 4.72. The van der Waals surface area contributed by atoms with Crippen molar-refractivity contribution < 1.29 is 0 Å². The predicted molar refractivity (Wildman–Crippen MR) is 92.9 cm³/mol. The van der Waals surface area contributed by atoms with Gasteiger partial charge < -0.3 is 5.32 Å². The van der Waals surface area contributed by atoms with E-state index in [2.05, 4.69) is 65.6 Å². The number of fused-ring (bicyclic) bond motifs is 1. The van der Waals surface area contributed by atoms with Gasteiger partial charge in [0.05, 0.1) is 5.52 Å². The van der Waals surface area contributed by atoms with Crippen molar-refractivity contribution >= 4 is 10.9 Å². The first-order valence-electron chi connectivity index (χ1n) is 8.51. The highest BCUT2D eigenvalue weighted by molar-refractivity contribution is 5.78. The molecular weight excluding hydrogens is 270 g/mol. The second-order valence-electron chi connectivity index (χ2n) is 6.84. The summed E-state index contributed by atoms with van der Waals surface area (Å²) in [6.07, 6.45) is 4.57. The molecule has 2 heterocycles. The van der Waals surface area contributed by atoms with Crippen molar-refractivity contribution in [2.75, 3.05) is 19.6 Å². The summed E-state index contributed by atoms with van der Waals surface area (Å²) in [5.74, 6) is 0.698. The number of benzene rings is 1. The lowest BCUT2D eigenvalue weighted by Crippen LogP contribution is -2.44. The minimum Gasteiger partial charge on any atom is -0.317 e. The summed E-state index contributed by atoms with van der Waals surface area (Å²) in [6, 6.07) is 11.4. The summed E-state index contributed by atoms with van der Waals surface area (Å²) < 4.78 is 0. The SMILES string of the molecule is CC(C)CN(Cc1cnc2ccccc2c1)C1CCNCC1. The summed E-state index contributed by atoms with van der Waals surface area (Å²) in [4.78, 5) is 7.28. The minimum atomic E-state index is 0.698. The van der Waals surface area contributed by atoms with Crippen LogP contribution in [-0.4, -0.2) is 35.6 Å². The van der Waals surface area contributed by atoms with Gasteiger partial charge >= 0.3 is 0 Å². The molecule has 1 fully saturated rings. The number of hydrogen-bond acceptors (Lipinski definition) is 3. The van der Waals surface area contributed by atoms with Gasteiger partial charge in [-0.3, -0.25) is 9.88 Å². The number of aromatic nitrogens is 1. The lowest BCUT2D eigenvalue weighted by Gasteiger charge is -2.35. The molecule has 118 valence electrons. The number of rotatable bonds is 5. The zero-order valence-electron chi connectivity index (χ0n) is 13.8. The van der Waals surface area contributed by atoms with E-state index in [9.17, 15) is 0 Å². The third-order valence-electron chi connectivity index (χ3n) is 4.46. The van der Waals surface area contributed by atoms with E-state index in [-0.39, 0.29) is 0 Å². The maximum Gasteiger partial charge on any atom is 0.0702 e. The van der Waals surface area contributed by atoms with E-state index in [1.165, 1.54) is 23.8 Å².